The molecule has 0 unspecified atom stereocenters. The average molecular weight is 385 g/mol. The fourth-order valence-corrected chi connectivity index (χ4v) is 3.66. The summed E-state index contributed by atoms with van der Waals surface area (Å²) in [5.41, 5.74) is 2.77. The Balaban J connectivity index is 1.88. The molecule has 0 saturated carbocycles. The first-order valence-electron chi connectivity index (χ1n) is 9.13. The Bertz CT molecular complexity index is 839. The Morgan fingerprint density at radius 2 is 1.85 bits per heavy atom. The molecular weight excluding hydrogens is 360 g/mol. The molecule has 0 atom stereocenters. The van der Waals surface area contributed by atoms with Gasteiger partial charge < -0.3 is 10.1 Å². The maximum absolute atomic E-state index is 13.0. The molecule has 0 saturated heterocycles. The summed E-state index contributed by atoms with van der Waals surface area (Å²) in [5.74, 6) is -0.585. The van der Waals surface area contributed by atoms with E-state index in [1.807, 2.05) is 55.6 Å². The number of ether oxygens (including phenoxy) is 1. The Morgan fingerprint density at radius 3 is 2.44 bits per heavy atom. The van der Waals surface area contributed by atoms with Crippen LogP contribution in [-0.2, 0) is 20.7 Å². The quantitative estimate of drug-likeness (QED) is 0.701. The fraction of sp³-hybridized carbons (Fsp3) is 0.333. The molecule has 0 aliphatic carbocycles. The Morgan fingerprint density at radius 1 is 1.11 bits per heavy atom. The van der Waals surface area contributed by atoms with Crippen molar-refractivity contribution < 1.29 is 14.3 Å². The third-order valence-corrected chi connectivity index (χ3v) is 5.22. The molecule has 2 aromatic rings. The van der Waals surface area contributed by atoms with E-state index in [2.05, 4.69) is 12.2 Å². The van der Waals surface area contributed by atoms with Gasteiger partial charge in [0.15, 0.2) is 0 Å². The molecule has 0 radical (unpaired) electrons. The molecule has 0 fully saturated rings. The van der Waals surface area contributed by atoms with Gasteiger partial charge in [0.05, 0.1) is 24.8 Å². The molecule has 6 heteroatoms. The van der Waals surface area contributed by atoms with Crippen LogP contribution in [0.2, 0.25) is 0 Å². The summed E-state index contributed by atoms with van der Waals surface area (Å²) in [6, 6.07) is 11.6. The Kier molecular flexibility index (Phi) is 6.08. The van der Waals surface area contributed by atoms with E-state index in [9.17, 15) is 9.59 Å². The van der Waals surface area contributed by atoms with Crippen LogP contribution in [-0.4, -0.2) is 36.0 Å². The minimum absolute atomic E-state index is 0.0530. The third-order valence-electron chi connectivity index (χ3n) is 4.33. The van der Waals surface area contributed by atoms with Crippen LogP contribution in [0.25, 0.3) is 5.57 Å². The van der Waals surface area contributed by atoms with E-state index in [1.54, 1.807) is 0 Å². The standard InChI is InChI=1S/C21H24N2O3S/c1-4-15-7-9-16(10-8-15)22-19-18(17-6-5-13-27-17)20(24)23(21(19)25)11-12-26-14(2)3/h5-10,13-14,22H,4,11-12H2,1-3H3. The molecular formula is C21H24N2O3S. The van der Waals surface area contributed by atoms with E-state index < -0.39 is 0 Å². The summed E-state index contributed by atoms with van der Waals surface area (Å²) in [7, 11) is 0. The van der Waals surface area contributed by atoms with Gasteiger partial charge in [-0.3, -0.25) is 14.5 Å². The minimum Gasteiger partial charge on any atom is -0.377 e. The highest BCUT2D eigenvalue weighted by atomic mass is 32.1. The SMILES string of the molecule is CCc1ccc(NC2=C(c3cccs3)C(=O)N(CCOC(C)C)C2=O)cc1. The van der Waals surface area contributed by atoms with Crippen LogP contribution in [0, 0.1) is 0 Å². The zero-order chi connectivity index (χ0) is 19.4. The zero-order valence-corrected chi connectivity index (χ0v) is 16.6. The van der Waals surface area contributed by atoms with Crippen molar-refractivity contribution in [2.75, 3.05) is 18.5 Å². The summed E-state index contributed by atoms with van der Waals surface area (Å²) in [6.45, 7) is 6.51. The van der Waals surface area contributed by atoms with Gasteiger partial charge >= 0.3 is 0 Å². The number of hydrogen-bond donors (Lipinski definition) is 1. The highest BCUT2D eigenvalue weighted by Crippen LogP contribution is 2.32. The number of nitrogens with one attached hydrogen (secondary N) is 1. The van der Waals surface area contributed by atoms with Crippen LogP contribution in [0.3, 0.4) is 0 Å². The van der Waals surface area contributed by atoms with Crippen molar-refractivity contribution in [3.63, 3.8) is 0 Å². The van der Waals surface area contributed by atoms with Gasteiger partial charge in [-0.25, -0.2) is 0 Å². The Labute approximate surface area is 163 Å². The molecule has 1 aliphatic heterocycles. The first kappa shape index (κ1) is 19.3. The van der Waals surface area contributed by atoms with E-state index in [0.29, 0.717) is 17.9 Å². The number of carbonyl (C=O) groups excluding carboxylic acids is 2. The lowest BCUT2D eigenvalue weighted by Crippen LogP contribution is -2.35. The second-order valence-corrected chi connectivity index (χ2v) is 7.53. The topological polar surface area (TPSA) is 58.6 Å². The van der Waals surface area contributed by atoms with Gasteiger partial charge in [-0.15, -0.1) is 11.3 Å². The molecule has 5 nitrogen and oxygen atoms in total. The van der Waals surface area contributed by atoms with Crippen LogP contribution in [0.1, 0.15) is 31.2 Å². The van der Waals surface area contributed by atoms with Crippen LogP contribution in [0.15, 0.2) is 47.5 Å². The molecule has 0 bridgehead atoms. The number of amides is 2. The molecule has 2 amide bonds. The van der Waals surface area contributed by atoms with E-state index in [-0.39, 0.29) is 24.5 Å². The number of benzene rings is 1. The molecule has 142 valence electrons. The lowest BCUT2D eigenvalue weighted by atomic mass is 10.1. The lowest BCUT2D eigenvalue weighted by Gasteiger charge is -2.16. The molecule has 1 aromatic carbocycles. The van der Waals surface area contributed by atoms with E-state index in [1.165, 1.54) is 21.8 Å². The summed E-state index contributed by atoms with van der Waals surface area (Å²) in [5, 5.41) is 5.07. The van der Waals surface area contributed by atoms with Crippen molar-refractivity contribution in [3.8, 4) is 0 Å². The molecule has 1 N–H and O–H groups in total. The number of hydrogen-bond acceptors (Lipinski definition) is 5. The monoisotopic (exact) mass is 384 g/mol. The number of anilines is 1. The summed E-state index contributed by atoms with van der Waals surface area (Å²) in [6.07, 6.45) is 1.00. The summed E-state index contributed by atoms with van der Waals surface area (Å²) in [4.78, 5) is 28.0. The number of thiophene rings is 1. The zero-order valence-electron chi connectivity index (χ0n) is 15.8. The van der Waals surface area contributed by atoms with Crippen molar-refractivity contribution in [3.05, 3.63) is 57.9 Å². The van der Waals surface area contributed by atoms with Gasteiger partial charge in [0.2, 0.25) is 0 Å². The number of aryl methyl sites for hydroxylation is 1. The summed E-state index contributed by atoms with van der Waals surface area (Å²) >= 11 is 1.45. The average Bonchev–Trinajstić information content (AvgIpc) is 3.25. The summed E-state index contributed by atoms with van der Waals surface area (Å²) < 4.78 is 5.52. The first-order chi connectivity index (χ1) is 13.0. The van der Waals surface area contributed by atoms with E-state index >= 15 is 0 Å². The van der Waals surface area contributed by atoms with Crippen LogP contribution < -0.4 is 5.32 Å². The van der Waals surface area contributed by atoms with Crippen molar-refractivity contribution in [1.29, 1.82) is 0 Å². The fourth-order valence-electron chi connectivity index (χ4n) is 2.89. The largest absolute Gasteiger partial charge is 0.377 e. The first-order valence-corrected chi connectivity index (χ1v) is 10.0. The van der Waals surface area contributed by atoms with Gasteiger partial charge in [0, 0.05) is 10.6 Å². The highest BCUT2D eigenvalue weighted by Gasteiger charge is 2.39. The highest BCUT2D eigenvalue weighted by molar-refractivity contribution is 7.11. The van der Waals surface area contributed by atoms with Crippen molar-refractivity contribution in [2.24, 2.45) is 0 Å². The number of carbonyl (C=O) groups is 2. The number of nitrogens with zero attached hydrogens (tertiary/aromatic N) is 1. The van der Waals surface area contributed by atoms with Crippen molar-refractivity contribution >= 4 is 34.4 Å². The number of rotatable bonds is 8. The van der Waals surface area contributed by atoms with Crippen molar-refractivity contribution in [2.45, 2.75) is 33.3 Å². The second kappa shape index (κ2) is 8.50. The van der Waals surface area contributed by atoms with Crippen LogP contribution in [0.4, 0.5) is 5.69 Å². The molecule has 1 aromatic heterocycles. The molecule has 2 heterocycles. The molecule has 0 spiro atoms. The molecule has 1 aliphatic rings. The van der Waals surface area contributed by atoms with E-state index in [0.717, 1.165) is 17.0 Å². The molecule has 27 heavy (non-hydrogen) atoms. The van der Waals surface area contributed by atoms with Gasteiger partial charge in [-0.05, 0) is 49.4 Å². The van der Waals surface area contributed by atoms with Crippen molar-refractivity contribution in [1.82, 2.24) is 4.90 Å². The number of imide groups is 1. The second-order valence-electron chi connectivity index (χ2n) is 6.58. The van der Waals surface area contributed by atoms with Gasteiger partial charge in [-0.2, -0.15) is 0 Å². The lowest BCUT2D eigenvalue weighted by molar-refractivity contribution is -0.137. The minimum atomic E-state index is -0.310. The van der Waals surface area contributed by atoms with Crippen LogP contribution in [0.5, 0.6) is 0 Å². The smallest absolute Gasteiger partial charge is 0.278 e. The van der Waals surface area contributed by atoms with Crippen LogP contribution >= 0.6 is 11.3 Å². The maximum Gasteiger partial charge on any atom is 0.278 e. The third kappa shape index (κ3) is 4.28. The Hall–Kier alpha value is -2.44. The normalized spacial score (nSPS) is 14.6. The van der Waals surface area contributed by atoms with E-state index in [4.69, 9.17) is 4.74 Å². The van der Waals surface area contributed by atoms with Gasteiger partial charge in [0.1, 0.15) is 5.70 Å². The maximum atomic E-state index is 13.0. The van der Waals surface area contributed by atoms with Gasteiger partial charge in [-0.1, -0.05) is 25.1 Å². The van der Waals surface area contributed by atoms with Gasteiger partial charge in [0.25, 0.3) is 11.8 Å². The predicted molar refractivity (Wildman–Crippen MR) is 108 cm³/mol. The predicted octanol–water partition coefficient (Wildman–Crippen LogP) is 3.93. The molecule has 3 rings (SSSR count).